The molecule has 0 aliphatic carbocycles. The van der Waals surface area contributed by atoms with Crippen LogP contribution in [0, 0.1) is 5.92 Å². The van der Waals surface area contributed by atoms with Gasteiger partial charge in [-0.15, -0.1) is 11.6 Å². The van der Waals surface area contributed by atoms with Crippen molar-refractivity contribution >= 4 is 22.5 Å². The van der Waals surface area contributed by atoms with E-state index in [1.54, 1.807) is 16.7 Å². The molecule has 0 atom stereocenters. The second kappa shape index (κ2) is 5.61. The summed E-state index contributed by atoms with van der Waals surface area (Å²) in [7, 11) is 0. The summed E-state index contributed by atoms with van der Waals surface area (Å²) in [5.74, 6) is 0.567. The maximum Gasteiger partial charge on any atom is 0.331 e. The van der Waals surface area contributed by atoms with E-state index in [0.29, 0.717) is 23.4 Å². The number of nitrogens with zero attached hydrogens (tertiary/aromatic N) is 2. The fourth-order valence-corrected chi connectivity index (χ4v) is 2.36. The molecule has 0 radical (unpaired) electrons. The van der Waals surface area contributed by atoms with Crippen molar-refractivity contribution in [2.45, 2.75) is 26.9 Å². The van der Waals surface area contributed by atoms with E-state index in [0.717, 1.165) is 0 Å². The van der Waals surface area contributed by atoms with Crippen molar-refractivity contribution in [2.75, 3.05) is 5.88 Å². The van der Waals surface area contributed by atoms with Crippen molar-refractivity contribution in [2.24, 2.45) is 5.92 Å². The van der Waals surface area contributed by atoms with E-state index in [4.69, 9.17) is 11.6 Å². The van der Waals surface area contributed by atoms with E-state index < -0.39 is 0 Å². The van der Waals surface area contributed by atoms with Crippen LogP contribution in [0.3, 0.4) is 0 Å². The predicted octanol–water partition coefficient (Wildman–Crippen LogP) is 2.06. The van der Waals surface area contributed by atoms with E-state index in [9.17, 15) is 9.59 Å². The van der Waals surface area contributed by atoms with Gasteiger partial charge >= 0.3 is 5.69 Å². The highest BCUT2D eigenvalue weighted by atomic mass is 35.5. The summed E-state index contributed by atoms with van der Waals surface area (Å²) in [5.41, 5.74) is 0.149. The molecule has 0 bridgehead atoms. The Kier molecular flexibility index (Phi) is 4.10. The van der Waals surface area contributed by atoms with Crippen molar-refractivity contribution in [1.82, 2.24) is 9.13 Å². The van der Waals surface area contributed by atoms with Crippen molar-refractivity contribution in [3.63, 3.8) is 0 Å². The normalized spacial score (nSPS) is 11.4. The average Bonchev–Trinajstić information content (AvgIpc) is 2.39. The Balaban J connectivity index is 2.84. The number of rotatable bonds is 4. The molecule has 1 aromatic heterocycles. The molecule has 1 heterocycles. The topological polar surface area (TPSA) is 44.0 Å². The number of para-hydroxylation sites is 1. The zero-order valence-electron chi connectivity index (χ0n) is 11.1. The van der Waals surface area contributed by atoms with Crippen LogP contribution in [0.1, 0.15) is 13.8 Å². The van der Waals surface area contributed by atoms with Gasteiger partial charge < -0.3 is 0 Å². The standard InChI is InChI=1S/C14H17ClN2O2/c1-10(2)9-17-12-6-4-3-5-11(12)13(18)16(8-7-15)14(17)19/h3-6,10H,7-9H2,1-2H3. The third-order valence-corrected chi connectivity index (χ3v) is 3.16. The average molecular weight is 281 g/mol. The van der Waals surface area contributed by atoms with Crippen LogP contribution in [-0.4, -0.2) is 15.0 Å². The van der Waals surface area contributed by atoms with Gasteiger partial charge in [-0.2, -0.15) is 0 Å². The molecule has 0 aliphatic rings. The number of fused-ring (bicyclic) bond motifs is 1. The Morgan fingerprint density at radius 1 is 1.16 bits per heavy atom. The summed E-state index contributed by atoms with van der Waals surface area (Å²) in [6, 6.07) is 7.20. The summed E-state index contributed by atoms with van der Waals surface area (Å²) in [5, 5.41) is 0.563. The third kappa shape index (κ3) is 2.59. The van der Waals surface area contributed by atoms with Crippen LogP contribution < -0.4 is 11.2 Å². The molecule has 0 saturated heterocycles. The molecule has 0 amide bonds. The lowest BCUT2D eigenvalue weighted by atomic mass is 10.2. The summed E-state index contributed by atoms with van der Waals surface area (Å²) in [6.07, 6.45) is 0. The smallest absolute Gasteiger partial charge is 0.293 e. The van der Waals surface area contributed by atoms with Crippen molar-refractivity contribution in [3.05, 3.63) is 45.1 Å². The number of aromatic nitrogens is 2. The van der Waals surface area contributed by atoms with Gasteiger partial charge in [-0.3, -0.25) is 13.9 Å². The van der Waals surface area contributed by atoms with Crippen LogP contribution in [0.2, 0.25) is 0 Å². The quantitative estimate of drug-likeness (QED) is 0.805. The van der Waals surface area contributed by atoms with Gasteiger partial charge in [-0.25, -0.2) is 4.79 Å². The van der Waals surface area contributed by atoms with Crippen LogP contribution in [0.4, 0.5) is 0 Å². The monoisotopic (exact) mass is 280 g/mol. The first-order valence-electron chi connectivity index (χ1n) is 6.34. The zero-order chi connectivity index (χ0) is 14.0. The summed E-state index contributed by atoms with van der Waals surface area (Å²) < 4.78 is 2.88. The number of benzene rings is 1. The SMILES string of the molecule is CC(C)Cn1c(=O)n(CCCl)c(=O)c2ccccc21. The number of hydrogen-bond acceptors (Lipinski definition) is 2. The lowest BCUT2D eigenvalue weighted by molar-refractivity contribution is 0.494. The van der Waals surface area contributed by atoms with Gasteiger partial charge in [0.1, 0.15) is 0 Å². The third-order valence-electron chi connectivity index (χ3n) is 2.99. The van der Waals surface area contributed by atoms with Gasteiger partial charge in [0.05, 0.1) is 10.9 Å². The van der Waals surface area contributed by atoms with Gasteiger partial charge in [0.25, 0.3) is 5.56 Å². The fourth-order valence-electron chi connectivity index (χ4n) is 2.19. The summed E-state index contributed by atoms with van der Waals surface area (Å²) in [4.78, 5) is 24.7. The van der Waals surface area contributed by atoms with Crippen LogP contribution in [0.25, 0.3) is 10.9 Å². The highest BCUT2D eigenvalue weighted by Crippen LogP contribution is 2.09. The van der Waals surface area contributed by atoms with Gasteiger partial charge in [0.2, 0.25) is 0 Å². The van der Waals surface area contributed by atoms with E-state index in [1.165, 1.54) is 4.57 Å². The van der Waals surface area contributed by atoms with Gasteiger partial charge in [-0.1, -0.05) is 26.0 Å². The van der Waals surface area contributed by atoms with E-state index in [1.807, 2.05) is 26.0 Å². The minimum absolute atomic E-state index is 0.238. The number of alkyl halides is 1. The molecule has 0 N–H and O–H groups in total. The molecule has 19 heavy (non-hydrogen) atoms. The van der Waals surface area contributed by atoms with Crippen LogP contribution in [0.5, 0.6) is 0 Å². The van der Waals surface area contributed by atoms with Gasteiger partial charge in [0, 0.05) is 19.0 Å². The molecule has 0 saturated carbocycles. The maximum atomic E-state index is 12.4. The molecule has 102 valence electrons. The molecule has 0 spiro atoms. The predicted molar refractivity (Wildman–Crippen MR) is 78.0 cm³/mol. The van der Waals surface area contributed by atoms with Crippen molar-refractivity contribution in [1.29, 1.82) is 0 Å². The molecule has 0 unspecified atom stereocenters. The first kappa shape index (κ1) is 13.9. The molecule has 2 aromatic rings. The summed E-state index contributed by atoms with van der Waals surface area (Å²) >= 11 is 5.68. The first-order valence-corrected chi connectivity index (χ1v) is 6.88. The molecular weight excluding hydrogens is 264 g/mol. The first-order chi connectivity index (χ1) is 9.06. The van der Waals surface area contributed by atoms with E-state index in [-0.39, 0.29) is 23.7 Å². The highest BCUT2D eigenvalue weighted by molar-refractivity contribution is 6.17. The van der Waals surface area contributed by atoms with Crippen LogP contribution in [-0.2, 0) is 13.1 Å². The van der Waals surface area contributed by atoms with E-state index >= 15 is 0 Å². The van der Waals surface area contributed by atoms with Crippen LogP contribution in [0.15, 0.2) is 33.9 Å². The van der Waals surface area contributed by atoms with Crippen LogP contribution >= 0.6 is 11.6 Å². The Morgan fingerprint density at radius 3 is 2.47 bits per heavy atom. The molecule has 0 fully saturated rings. The highest BCUT2D eigenvalue weighted by Gasteiger charge is 2.12. The lowest BCUT2D eigenvalue weighted by Crippen LogP contribution is -2.41. The lowest BCUT2D eigenvalue weighted by Gasteiger charge is -2.15. The zero-order valence-corrected chi connectivity index (χ0v) is 11.9. The molecule has 4 nitrogen and oxygen atoms in total. The Morgan fingerprint density at radius 2 is 1.84 bits per heavy atom. The molecule has 0 aliphatic heterocycles. The minimum atomic E-state index is -0.280. The fraction of sp³-hybridized carbons (Fsp3) is 0.429. The Labute approximate surface area is 116 Å². The van der Waals surface area contributed by atoms with Gasteiger partial charge in [-0.05, 0) is 18.1 Å². The molecule has 2 rings (SSSR count). The number of hydrogen-bond donors (Lipinski definition) is 0. The maximum absolute atomic E-state index is 12.4. The second-order valence-electron chi connectivity index (χ2n) is 4.95. The van der Waals surface area contributed by atoms with Crippen molar-refractivity contribution in [3.8, 4) is 0 Å². The van der Waals surface area contributed by atoms with Gasteiger partial charge in [0.15, 0.2) is 0 Å². The summed E-state index contributed by atoms with van der Waals surface area (Å²) in [6.45, 7) is 4.90. The molecule has 1 aromatic carbocycles. The minimum Gasteiger partial charge on any atom is -0.293 e. The Bertz CT molecular complexity index is 701. The molecule has 5 heteroatoms. The van der Waals surface area contributed by atoms with E-state index in [2.05, 4.69) is 0 Å². The Hall–Kier alpha value is -1.55. The second-order valence-corrected chi connectivity index (χ2v) is 5.33. The largest absolute Gasteiger partial charge is 0.331 e. The molecular formula is C14H17ClN2O2. The number of halogens is 1. The van der Waals surface area contributed by atoms with Crippen molar-refractivity contribution < 1.29 is 0 Å².